The van der Waals surface area contributed by atoms with Gasteiger partial charge in [-0.05, 0) is 12.1 Å². The molecule has 180 valence electrons. The molecule has 0 aliphatic heterocycles. The molecule has 3 aromatic rings. The molecule has 1 heterocycles. The summed E-state index contributed by atoms with van der Waals surface area (Å²) in [6, 6.07) is 8.29. The summed E-state index contributed by atoms with van der Waals surface area (Å²) < 4.78 is 31.7. The van der Waals surface area contributed by atoms with Gasteiger partial charge in [-0.25, -0.2) is 9.78 Å². The SMILES string of the molecule is COC(=O)c1cc(OC)c(OC)cc1NC(=O)CCc1ncc(-c2ccc(OC)cc2OC)o1. The maximum Gasteiger partial charge on any atom is 0.340 e. The van der Waals surface area contributed by atoms with Gasteiger partial charge in [0.2, 0.25) is 5.91 Å². The van der Waals surface area contributed by atoms with Crippen molar-refractivity contribution in [3.63, 3.8) is 0 Å². The minimum Gasteiger partial charge on any atom is -0.497 e. The van der Waals surface area contributed by atoms with Crippen molar-refractivity contribution in [3.8, 4) is 34.3 Å². The van der Waals surface area contributed by atoms with E-state index in [1.165, 1.54) is 33.5 Å². The first-order valence-electron chi connectivity index (χ1n) is 10.2. The number of anilines is 1. The zero-order valence-electron chi connectivity index (χ0n) is 19.6. The summed E-state index contributed by atoms with van der Waals surface area (Å²) >= 11 is 0. The second kappa shape index (κ2) is 11.1. The first-order valence-corrected chi connectivity index (χ1v) is 10.2. The number of oxazole rings is 1. The average Bonchev–Trinajstić information content (AvgIpc) is 3.35. The van der Waals surface area contributed by atoms with Gasteiger partial charge in [-0.3, -0.25) is 4.79 Å². The number of benzene rings is 2. The fraction of sp³-hybridized carbons (Fsp3) is 0.292. The van der Waals surface area contributed by atoms with Crippen LogP contribution in [0.3, 0.4) is 0 Å². The monoisotopic (exact) mass is 470 g/mol. The molecule has 0 atom stereocenters. The molecule has 34 heavy (non-hydrogen) atoms. The number of hydrogen-bond acceptors (Lipinski definition) is 9. The molecule has 1 amide bonds. The quantitative estimate of drug-likeness (QED) is 0.442. The van der Waals surface area contributed by atoms with E-state index < -0.39 is 5.97 Å². The lowest BCUT2D eigenvalue weighted by Gasteiger charge is -2.14. The van der Waals surface area contributed by atoms with Crippen LogP contribution in [0.5, 0.6) is 23.0 Å². The molecule has 0 saturated carbocycles. The second-order valence-corrected chi connectivity index (χ2v) is 6.98. The van der Waals surface area contributed by atoms with Crippen LogP contribution in [-0.4, -0.2) is 52.4 Å². The molecule has 1 aromatic heterocycles. The molecule has 0 aliphatic carbocycles. The Morgan fingerprint density at radius 2 is 1.62 bits per heavy atom. The highest BCUT2D eigenvalue weighted by Gasteiger charge is 2.20. The van der Waals surface area contributed by atoms with Crippen LogP contribution in [0.25, 0.3) is 11.3 Å². The number of nitrogens with one attached hydrogen (secondary N) is 1. The number of amides is 1. The van der Waals surface area contributed by atoms with Gasteiger partial charge in [0.15, 0.2) is 23.1 Å². The number of carbonyl (C=O) groups is 2. The molecule has 0 unspecified atom stereocenters. The molecule has 2 aromatic carbocycles. The van der Waals surface area contributed by atoms with Gasteiger partial charge >= 0.3 is 5.97 Å². The summed E-state index contributed by atoms with van der Waals surface area (Å²) in [4.78, 5) is 29.0. The summed E-state index contributed by atoms with van der Waals surface area (Å²) in [5.74, 6) is 1.83. The van der Waals surface area contributed by atoms with Crippen LogP contribution in [0.4, 0.5) is 5.69 Å². The third-order valence-electron chi connectivity index (χ3n) is 5.00. The molecule has 0 fully saturated rings. The number of methoxy groups -OCH3 is 5. The molecule has 0 radical (unpaired) electrons. The summed E-state index contributed by atoms with van der Waals surface area (Å²) in [6.45, 7) is 0. The van der Waals surface area contributed by atoms with E-state index in [0.29, 0.717) is 40.2 Å². The fourth-order valence-corrected chi connectivity index (χ4v) is 3.25. The van der Waals surface area contributed by atoms with E-state index in [-0.39, 0.29) is 30.0 Å². The Balaban J connectivity index is 1.72. The Hall–Kier alpha value is -4.21. The smallest absolute Gasteiger partial charge is 0.340 e. The van der Waals surface area contributed by atoms with Crippen molar-refractivity contribution >= 4 is 17.6 Å². The number of esters is 1. The Labute approximate surface area is 196 Å². The van der Waals surface area contributed by atoms with E-state index >= 15 is 0 Å². The second-order valence-electron chi connectivity index (χ2n) is 6.98. The highest BCUT2D eigenvalue weighted by molar-refractivity contribution is 6.02. The summed E-state index contributed by atoms with van der Waals surface area (Å²) in [5, 5.41) is 2.71. The Bertz CT molecular complexity index is 1170. The van der Waals surface area contributed by atoms with Crippen molar-refractivity contribution < 1.29 is 37.7 Å². The van der Waals surface area contributed by atoms with Gasteiger partial charge in [-0.1, -0.05) is 0 Å². The molecule has 0 saturated heterocycles. The van der Waals surface area contributed by atoms with E-state index in [1.54, 1.807) is 38.6 Å². The number of ether oxygens (including phenoxy) is 5. The topological polar surface area (TPSA) is 118 Å². The average molecular weight is 470 g/mol. The van der Waals surface area contributed by atoms with Gasteiger partial charge in [-0.2, -0.15) is 0 Å². The van der Waals surface area contributed by atoms with Gasteiger partial charge in [0.25, 0.3) is 0 Å². The summed E-state index contributed by atoms with van der Waals surface area (Å²) in [5.41, 5.74) is 1.09. The van der Waals surface area contributed by atoms with Crippen molar-refractivity contribution in [2.75, 3.05) is 40.9 Å². The summed E-state index contributed by atoms with van der Waals surface area (Å²) in [6.07, 6.45) is 1.88. The molecular weight excluding hydrogens is 444 g/mol. The van der Waals surface area contributed by atoms with Crippen molar-refractivity contribution in [1.29, 1.82) is 0 Å². The number of aryl methyl sites for hydroxylation is 1. The van der Waals surface area contributed by atoms with E-state index in [9.17, 15) is 9.59 Å². The number of aromatic nitrogens is 1. The molecular formula is C24H26N2O8. The van der Waals surface area contributed by atoms with Crippen molar-refractivity contribution in [2.24, 2.45) is 0 Å². The molecule has 0 bridgehead atoms. The van der Waals surface area contributed by atoms with Crippen LogP contribution in [0, 0.1) is 0 Å². The fourth-order valence-electron chi connectivity index (χ4n) is 3.25. The van der Waals surface area contributed by atoms with Gasteiger partial charge in [-0.15, -0.1) is 0 Å². The van der Waals surface area contributed by atoms with E-state index in [4.69, 9.17) is 28.1 Å². The summed E-state index contributed by atoms with van der Waals surface area (Å²) in [7, 11) is 7.28. The molecule has 0 spiro atoms. The van der Waals surface area contributed by atoms with Crippen LogP contribution in [-0.2, 0) is 16.0 Å². The van der Waals surface area contributed by atoms with E-state index in [2.05, 4.69) is 10.3 Å². The lowest BCUT2D eigenvalue weighted by Crippen LogP contribution is -2.16. The Kier molecular flexibility index (Phi) is 7.96. The highest BCUT2D eigenvalue weighted by atomic mass is 16.5. The van der Waals surface area contributed by atoms with Crippen LogP contribution in [0.15, 0.2) is 40.9 Å². The lowest BCUT2D eigenvalue weighted by molar-refractivity contribution is -0.116. The van der Waals surface area contributed by atoms with Gasteiger partial charge in [0.05, 0.1) is 58.6 Å². The third kappa shape index (κ3) is 5.40. The van der Waals surface area contributed by atoms with Crippen molar-refractivity contribution in [1.82, 2.24) is 4.98 Å². The largest absolute Gasteiger partial charge is 0.497 e. The van der Waals surface area contributed by atoms with Crippen LogP contribution >= 0.6 is 0 Å². The maximum absolute atomic E-state index is 12.6. The zero-order valence-corrected chi connectivity index (χ0v) is 19.6. The van der Waals surface area contributed by atoms with Crippen LogP contribution in [0.1, 0.15) is 22.7 Å². The van der Waals surface area contributed by atoms with Gasteiger partial charge in [0, 0.05) is 31.0 Å². The van der Waals surface area contributed by atoms with Crippen molar-refractivity contribution in [3.05, 3.63) is 48.0 Å². The first kappa shape index (κ1) is 24.4. The lowest BCUT2D eigenvalue weighted by atomic mass is 10.1. The van der Waals surface area contributed by atoms with E-state index in [1.807, 2.05) is 0 Å². The van der Waals surface area contributed by atoms with Crippen molar-refractivity contribution in [2.45, 2.75) is 12.8 Å². The minimum absolute atomic E-state index is 0.0641. The zero-order chi connectivity index (χ0) is 24.7. The molecule has 10 nitrogen and oxygen atoms in total. The normalized spacial score (nSPS) is 10.4. The molecule has 1 N–H and O–H groups in total. The Morgan fingerprint density at radius 1 is 0.912 bits per heavy atom. The predicted molar refractivity (Wildman–Crippen MR) is 123 cm³/mol. The maximum atomic E-state index is 12.6. The number of hydrogen-bond donors (Lipinski definition) is 1. The standard InChI is InChI=1S/C24H26N2O8/c1-29-14-6-7-15(18(10-14)30-2)21-13-25-23(34-21)9-8-22(27)26-17-12-20(32-4)19(31-3)11-16(17)24(28)33-5/h6-7,10-13H,8-9H2,1-5H3,(H,26,27). The van der Waals surface area contributed by atoms with Crippen LogP contribution < -0.4 is 24.3 Å². The third-order valence-corrected chi connectivity index (χ3v) is 5.00. The minimum atomic E-state index is -0.623. The van der Waals surface area contributed by atoms with Gasteiger partial charge < -0.3 is 33.4 Å². The van der Waals surface area contributed by atoms with E-state index in [0.717, 1.165) is 0 Å². The number of nitrogens with zero attached hydrogens (tertiary/aromatic N) is 1. The molecule has 0 aliphatic rings. The Morgan fingerprint density at radius 3 is 2.26 bits per heavy atom. The highest BCUT2D eigenvalue weighted by Crippen LogP contribution is 2.35. The predicted octanol–water partition coefficient (Wildman–Crippen LogP) is 3.73. The molecule has 10 heteroatoms. The number of carbonyl (C=O) groups excluding carboxylic acids is 2. The van der Waals surface area contributed by atoms with Gasteiger partial charge in [0.1, 0.15) is 11.5 Å². The first-order chi connectivity index (χ1) is 16.4. The number of rotatable bonds is 10. The van der Waals surface area contributed by atoms with Crippen LogP contribution in [0.2, 0.25) is 0 Å². The molecule has 3 rings (SSSR count).